The molecule has 1 atom stereocenters. The first-order valence-electron chi connectivity index (χ1n) is 11.1. The number of nitrogens with zero attached hydrogens (tertiary/aromatic N) is 2. The number of guanidine groups is 1. The summed E-state index contributed by atoms with van der Waals surface area (Å²) < 4.78 is 28.5. The predicted molar refractivity (Wildman–Crippen MR) is 142 cm³/mol. The summed E-state index contributed by atoms with van der Waals surface area (Å²) in [6.45, 7) is 0.616. The van der Waals surface area contributed by atoms with Crippen LogP contribution in [0.1, 0.15) is 28.2 Å². The van der Waals surface area contributed by atoms with Gasteiger partial charge in [-0.2, -0.15) is 0 Å². The number of nitrogens with one attached hydrogen (secondary N) is 3. The van der Waals surface area contributed by atoms with Crippen molar-refractivity contribution in [2.75, 3.05) is 16.6 Å². The molecule has 0 bridgehead atoms. The van der Waals surface area contributed by atoms with Crippen LogP contribution in [0.5, 0.6) is 0 Å². The molecule has 14 heteroatoms. The first-order chi connectivity index (χ1) is 17.7. The Kier molecular flexibility index (Phi) is 9.40. The van der Waals surface area contributed by atoms with Crippen molar-refractivity contribution in [2.45, 2.75) is 30.3 Å². The van der Waals surface area contributed by atoms with Gasteiger partial charge in [-0.1, -0.05) is 12.1 Å². The van der Waals surface area contributed by atoms with Gasteiger partial charge in [0.2, 0.25) is 0 Å². The number of pyridine rings is 1. The van der Waals surface area contributed by atoms with E-state index in [1.807, 2.05) is 12.1 Å². The zero-order valence-corrected chi connectivity index (χ0v) is 21.3. The van der Waals surface area contributed by atoms with Gasteiger partial charge in [-0.25, -0.2) is 13.2 Å². The molecule has 1 amide bonds. The predicted octanol–water partition coefficient (Wildman–Crippen LogP) is 1.79. The fourth-order valence-corrected chi connectivity index (χ4v) is 5.16. The van der Waals surface area contributed by atoms with Crippen molar-refractivity contribution >= 4 is 50.6 Å². The summed E-state index contributed by atoms with van der Waals surface area (Å²) in [5, 5.41) is 16.5. The van der Waals surface area contributed by atoms with Crippen LogP contribution in [0, 0.1) is 0 Å². The van der Waals surface area contributed by atoms with Crippen molar-refractivity contribution in [3.8, 4) is 0 Å². The molecular weight excluding hydrogens is 518 g/mol. The molecule has 8 N–H and O–H groups in total. The molecule has 196 valence electrons. The first kappa shape index (κ1) is 27.4. The Hall–Kier alpha value is -4.17. The van der Waals surface area contributed by atoms with Crippen LogP contribution in [0.15, 0.2) is 70.0 Å². The van der Waals surface area contributed by atoms with Gasteiger partial charge in [0.05, 0.1) is 22.8 Å². The average molecular weight is 546 g/mol. The number of hydrogen-bond acceptors (Lipinski definition) is 8. The fourth-order valence-electron chi connectivity index (χ4n) is 3.22. The molecule has 2 heterocycles. The summed E-state index contributed by atoms with van der Waals surface area (Å²) in [5.74, 6) is -2.06. The Labute approximate surface area is 217 Å². The van der Waals surface area contributed by atoms with Crippen LogP contribution in [-0.2, 0) is 21.4 Å². The number of carboxylic acids is 1. The molecule has 1 aromatic carbocycles. The van der Waals surface area contributed by atoms with Crippen molar-refractivity contribution in [3.63, 3.8) is 0 Å². The van der Waals surface area contributed by atoms with Crippen LogP contribution in [0.25, 0.3) is 0 Å². The highest BCUT2D eigenvalue weighted by molar-refractivity contribution is 7.92. The largest absolute Gasteiger partial charge is 0.480 e. The quantitative estimate of drug-likeness (QED) is 0.105. The lowest BCUT2D eigenvalue weighted by molar-refractivity contribution is -0.139. The van der Waals surface area contributed by atoms with Gasteiger partial charge in [0.15, 0.2) is 5.96 Å². The number of rotatable bonds is 13. The number of carboxylic acid groups (broad SMARTS) is 1. The Morgan fingerprint density at radius 2 is 1.95 bits per heavy atom. The highest BCUT2D eigenvalue weighted by Crippen LogP contribution is 2.26. The molecule has 0 aliphatic heterocycles. The molecule has 0 saturated heterocycles. The van der Waals surface area contributed by atoms with Gasteiger partial charge in [0.25, 0.3) is 15.9 Å². The van der Waals surface area contributed by atoms with Gasteiger partial charge in [0, 0.05) is 18.4 Å². The Morgan fingerprint density at radius 3 is 2.65 bits per heavy atom. The number of nitrogens with two attached hydrogens (primary N) is 2. The maximum atomic E-state index is 13.1. The second kappa shape index (κ2) is 12.7. The smallest absolute Gasteiger partial charge is 0.326 e. The van der Waals surface area contributed by atoms with Crippen molar-refractivity contribution in [1.29, 1.82) is 0 Å². The van der Waals surface area contributed by atoms with E-state index in [1.165, 1.54) is 23.6 Å². The Morgan fingerprint density at radius 1 is 1.14 bits per heavy atom. The van der Waals surface area contributed by atoms with E-state index in [4.69, 9.17) is 11.5 Å². The van der Waals surface area contributed by atoms with E-state index in [0.29, 0.717) is 18.7 Å². The maximum Gasteiger partial charge on any atom is 0.326 e. The zero-order chi connectivity index (χ0) is 26.8. The second-order valence-corrected chi connectivity index (χ2v) is 10.4. The number of aliphatic imine (C=N–C) groups is 1. The maximum absolute atomic E-state index is 13.1. The third-order valence-corrected chi connectivity index (χ3v) is 7.28. The van der Waals surface area contributed by atoms with Crippen LogP contribution in [-0.4, -0.2) is 48.9 Å². The van der Waals surface area contributed by atoms with Crippen LogP contribution in [0.3, 0.4) is 0 Å². The molecule has 0 unspecified atom stereocenters. The molecule has 0 spiro atoms. The number of thiophene rings is 1. The van der Waals surface area contributed by atoms with Crippen LogP contribution in [0.2, 0.25) is 0 Å². The number of carbonyl (C=O) groups is 2. The lowest BCUT2D eigenvalue weighted by Crippen LogP contribution is -2.40. The van der Waals surface area contributed by atoms with Crippen LogP contribution >= 0.6 is 11.3 Å². The van der Waals surface area contributed by atoms with E-state index < -0.39 is 27.9 Å². The number of aliphatic carboxylic acids is 1. The lowest BCUT2D eigenvalue weighted by Gasteiger charge is -2.15. The van der Waals surface area contributed by atoms with Gasteiger partial charge in [-0.3, -0.25) is 19.5 Å². The number of anilines is 2. The van der Waals surface area contributed by atoms with Gasteiger partial charge in [-0.05, 0) is 54.6 Å². The molecule has 3 rings (SSSR count). The van der Waals surface area contributed by atoms with E-state index in [9.17, 15) is 23.1 Å². The zero-order valence-electron chi connectivity index (χ0n) is 19.6. The second-order valence-electron chi connectivity index (χ2n) is 7.78. The fraction of sp³-hybridized carbons (Fsp3) is 0.217. The van der Waals surface area contributed by atoms with E-state index in [1.54, 1.807) is 24.4 Å². The molecule has 3 aromatic rings. The summed E-state index contributed by atoms with van der Waals surface area (Å²) in [4.78, 5) is 32.4. The molecular formula is C23H27N7O5S2. The van der Waals surface area contributed by atoms with E-state index in [0.717, 1.165) is 17.0 Å². The molecule has 12 nitrogen and oxygen atoms in total. The molecule has 0 saturated carbocycles. The summed E-state index contributed by atoms with van der Waals surface area (Å²) >= 11 is 0.982. The summed E-state index contributed by atoms with van der Waals surface area (Å²) in [5.41, 5.74) is 11.9. The number of aromatic nitrogens is 1. The standard InChI is InChI=1S/C23H27N7O5S2/c24-23(25)27-11-4-8-19(22(32)33)29-21(31)20-18(9-12-36-20)30-37(34,35)17-7-3-6-15(13-17)28-14-16-5-1-2-10-26-16/h1-3,5-7,9-10,12-13,19,28,30H,4,8,11,14H2,(H,29,31)(H,32,33)(H4,24,25,27)/t19-/m0/s1. The monoisotopic (exact) mass is 545 g/mol. The molecule has 0 fully saturated rings. The SMILES string of the molecule is NC(N)=NCCC[C@H](NC(=O)c1sccc1NS(=O)(=O)c1cccc(NCc2ccccn2)c1)C(=O)O. The molecule has 0 aliphatic carbocycles. The Balaban J connectivity index is 1.68. The molecule has 37 heavy (non-hydrogen) atoms. The Bertz CT molecular complexity index is 1360. The number of hydrogen-bond donors (Lipinski definition) is 6. The number of amides is 1. The number of sulfonamides is 1. The highest BCUT2D eigenvalue weighted by Gasteiger charge is 2.24. The number of benzene rings is 1. The van der Waals surface area contributed by atoms with Crippen molar-refractivity contribution < 1.29 is 23.1 Å². The van der Waals surface area contributed by atoms with Gasteiger partial charge < -0.3 is 27.2 Å². The third-order valence-electron chi connectivity index (χ3n) is 5.01. The van der Waals surface area contributed by atoms with E-state index in [-0.39, 0.29) is 34.4 Å². The van der Waals surface area contributed by atoms with Crippen molar-refractivity contribution in [2.24, 2.45) is 16.5 Å². The van der Waals surface area contributed by atoms with Gasteiger partial charge >= 0.3 is 5.97 Å². The van der Waals surface area contributed by atoms with Crippen LogP contribution < -0.4 is 26.8 Å². The summed E-state index contributed by atoms with van der Waals surface area (Å²) in [6, 6.07) is 12.0. The molecule has 0 radical (unpaired) electrons. The van der Waals surface area contributed by atoms with E-state index in [2.05, 4.69) is 25.3 Å². The third kappa shape index (κ3) is 8.18. The van der Waals surface area contributed by atoms with Crippen molar-refractivity contribution in [1.82, 2.24) is 10.3 Å². The van der Waals surface area contributed by atoms with Crippen LogP contribution in [0.4, 0.5) is 11.4 Å². The first-order valence-corrected chi connectivity index (χ1v) is 13.4. The summed E-state index contributed by atoms with van der Waals surface area (Å²) in [7, 11) is -4.05. The number of carbonyl (C=O) groups excluding carboxylic acids is 1. The average Bonchev–Trinajstić information content (AvgIpc) is 3.32. The molecule has 0 aliphatic rings. The lowest BCUT2D eigenvalue weighted by atomic mass is 10.1. The minimum absolute atomic E-state index is 0.0146. The normalized spacial score (nSPS) is 11.8. The minimum atomic E-state index is -4.05. The van der Waals surface area contributed by atoms with E-state index >= 15 is 0 Å². The van der Waals surface area contributed by atoms with Crippen molar-refractivity contribution in [3.05, 3.63) is 70.7 Å². The summed E-state index contributed by atoms with van der Waals surface area (Å²) in [6.07, 6.45) is 2.08. The molecule has 2 aromatic heterocycles. The topological polar surface area (TPSA) is 202 Å². The highest BCUT2D eigenvalue weighted by atomic mass is 32.2. The minimum Gasteiger partial charge on any atom is -0.480 e. The van der Waals surface area contributed by atoms with Gasteiger partial charge in [0.1, 0.15) is 10.9 Å². The van der Waals surface area contributed by atoms with Gasteiger partial charge in [-0.15, -0.1) is 11.3 Å².